The van der Waals surface area contributed by atoms with Crippen molar-refractivity contribution in [3.8, 4) is 11.1 Å². The van der Waals surface area contributed by atoms with Gasteiger partial charge in [0.15, 0.2) is 0 Å². The number of rotatable bonds is 16. The van der Waals surface area contributed by atoms with Gasteiger partial charge in [-0.2, -0.15) is 0 Å². The number of carbonyl (C=O) groups is 2. The fourth-order valence-electron chi connectivity index (χ4n) is 4.83. The first kappa shape index (κ1) is 28.1. The fourth-order valence-corrected chi connectivity index (χ4v) is 6.59. The van der Waals surface area contributed by atoms with Crippen molar-refractivity contribution in [1.29, 1.82) is 0 Å². The number of hydrogen-bond donors (Lipinski definition) is 2. The van der Waals surface area contributed by atoms with E-state index in [9.17, 15) is 14.2 Å². The van der Waals surface area contributed by atoms with Crippen LogP contribution in [0, 0.1) is 0 Å². The van der Waals surface area contributed by atoms with Crippen LogP contribution >= 0.6 is 7.60 Å². The van der Waals surface area contributed by atoms with Gasteiger partial charge >= 0.3 is 7.60 Å². The molecule has 2 aromatic carbocycles. The molecule has 1 aliphatic carbocycles. The zero-order chi connectivity index (χ0) is 26.0. The third-order valence-corrected chi connectivity index (χ3v) is 8.70. The number of amides is 2. The Bertz CT molecular complexity index is 1030. The summed E-state index contributed by atoms with van der Waals surface area (Å²) in [6.07, 6.45) is 5.59. The summed E-state index contributed by atoms with van der Waals surface area (Å²) in [5.74, 6) is -0.840. The number of carbonyl (C=O) groups excluding carboxylic acids is 2. The molecule has 7 nitrogen and oxygen atoms in total. The van der Waals surface area contributed by atoms with Crippen molar-refractivity contribution in [3.05, 3.63) is 59.7 Å². The second-order valence-electron chi connectivity index (χ2n) is 9.31. The third kappa shape index (κ3) is 6.44. The van der Waals surface area contributed by atoms with E-state index in [1.165, 1.54) is 0 Å². The van der Waals surface area contributed by atoms with Gasteiger partial charge in [-0.25, -0.2) is 0 Å². The van der Waals surface area contributed by atoms with E-state index in [1.54, 1.807) is 0 Å². The third-order valence-electron chi connectivity index (χ3n) is 6.68. The van der Waals surface area contributed by atoms with E-state index in [-0.39, 0.29) is 12.5 Å². The quantitative estimate of drug-likeness (QED) is 0.226. The maximum absolute atomic E-state index is 13.7. The van der Waals surface area contributed by atoms with Crippen LogP contribution < -0.4 is 11.1 Å². The summed E-state index contributed by atoms with van der Waals surface area (Å²) in [5.41, 5.74) is 8.22. The lowest BCUT2D eigenvalue weighted by Gasteiger charge is -2.31. The zero-order valence-corrected chi connectivity index (χ0v) is 22.4. The Morgan fingerprint density at radius 1 is 0.861 bits per heavy atom. The van der Waals surface area contributed by atoms with Gasteiger partial charge in [-0.1, -0.05) is 81.6 Å². The number of unbranched alkanes of at least 4 members (excludes halogenated alkanes) is 3. The minimum atomic E-state index is -3.21. The normalized spacial score (nSPS) is 13.7. The summed E-state index contributed by atoms with van der Waals surface area (Å²) in [6.45, 7) is 4.73. The summed E-state index contributed by atoms with van der Waals surface area (Å²) in [5, 5.41) is 2.75. The van der Waals surface area contributed by atoms with Crippen LogP contribution in [0.1, 0.15) is 69.9 Å². The predicted molar refractivity (Wildman–Crippen MR) is 143 cm³/mol. The molecule has 8 heteroatoms. The Labute approximate surface area is 214 Å². The first-order valence-electron chi connectivity index (χ1n) is 13.0. The number of benzene rings is 2. The molecule has 0 aliphatic heterocycles. The summed E-state index contributed by atoms with van der Waals surface area (Å²) >= 11 is 0. The molecule has 0 saturated heterocycles. The molecule has 2 aromatic rings. The summed E-state index contributed by atoms with van der Waals surface area (Å²) in [7, 11) is -3.21. The van der Waals surface area contributed by atoms with Crippen LogP contribution in [0.15, 0.2) is 48.5 Å². The van der Waals surface area contributed by atoms with Gasteiger partial charge < -0.3 is 20.1 Å². The highest BCUT2D eigenvalue weighted by molar-refractivity contribution is 7.53. The van der Waals surface area contributed by atoms with E-state index in [2.05, 4.69) is 19.2 Å². The van der Waals surface area contributed by atoms with E-state index in [0.29, 0.717) is 38.6 Å². The molecule has 3 N–H and O–H groups in total. The standard InChI is InChI=1S/C28H39N2O5P/c1-3-5-18-34-36(33,35-19-6-4-2)20-12-11-17-28(27(32)30-21-26(29)31)24-15-9-7-13-22(24)23-14-8-10-16-25(23)28/h7-10,13-16H,3-6,11-12,17-21H2,1-2H3,(H2,29,31)(H,30,32). The molecule has 2 amide bonds. The maximum Gasteiger partial charge on any atom is 0.330 e. The van der Waals surface area contributed by atoms with Crippen LogP contribution in [0.2, 0.25) is 0 Å². The van der Waals surface area contributed by atoms with Crippen molar-refractivity contribution in [2.24, 2.45) is 5.73 Å². The van der Waals surface area contributed by atoms with E-state index in [1.807, 2.05) is 48.5 Å². The van der Waals surface area contributed by atoms with Gasteiger partial charge in [0.05, 0.1) is 25.9 Å². The average Bonchev–Trinajstić information content (AvgIpc) is 3.16. The topological polar surface area (TPSA) is 108 Å². The number of fused-ring (bicyclic) bond motifs is 3. The monoisotopic (exact) mass is 514 g/mol. The lowest BCUT2D eigenvalue weighted by Crippen LogP contribution is -2.46. The van der Waals surface area contributed by atoms with Crippen LogP contribution in [0.3, 0.4) is 0 Å². The van der Waals surface area contributed by atoms with E-state index in [0.717, 1.165) is 47.9 Å². The molecule has 0 fully saturated rings. The van der Waals surface area contributed by atoms with Gasteiger partial charge in [-0.3, -0.25) is 14.2 Å². The number of nitrogens with two attached hydrogens (primary N) is 1. The molecule has 36 heavy (non-hydrogen) atoms. The van der Waals surface area contributed by atoms with Gasteiger partial charge in [0.2, 0.25) is 11.8 Å². The van der Waals surface area contributed by atoms with Gasteiger partial charge in [0, 0.05) is 0 Å². The Hall–Kier alpha value is -2.47. The second kappa shape index (κ2) is 13.2. The Morgan fingerprint density at radius 2 is 1.39 bits per heavy atom. The first-order valence-corrected chi connectivity index (χ1v) is 14.7. The van der Waals surface area contributed by atoms with Gasteiger partial charge in [0.25, 0.3) is 0 Å². The highest BCUT2D eigenvalue weighted by Crippen LogP contribution is 2.53. The van der Waals surface area contributed by atoms with Gasteiger partial charge in [0.1, 0.15) is 5.41 Å². The van der Waals surface area contributed by atoms with Crippen LogP contribution in [-0.4, -0.2) is 37.7 Å². The molecular weight excluding hydrogens is 475 g/mol. The van der Waals surface area contributed by atoms with Crippen molar-refractivity contribution in [3.63, 3.8) is 0 Å². The van der Waals surface area contributed by atoms with Gasteiger partial charge in [-0.15, -0.1) is 0 Å². The molecule has 0 aromatic heterocycles. The minimum absolute atomic E-state index is 0.226. The van der Waals surface area contributed by atoms with Crippen LogP contribution in [0.25, 0.3) is 11.1 Å². The van der Waals surface area contributed by atoms with Gasteiger partial charge in [-0.05, 0) is 47.9 Å². The zero-order valence-electron chi connectivity index (χ0n) is 21.5. The van der Waals surface area contributed by atoms with Crippen molar-refractivity contribution in [1.82, 2.24) is 5.32 Å². The molecule has 0 saturated carbocycles. The molecule has 196 valence electrons. The molecule has 3 rings (SSSR count). The lowest BCUT2D eigenvalue weighted by atomic mass is 9.73. The molecule has 0 bridgehead atoms. The largest absolute Gasteiger partial charge is 0.368 e. The summed E-state index contributed by atoms with van der Waals surface area (Å²) in [4.78, 5) is 25.2. The predicted octanol–water partition coefficient (Wildman–Crippen LogP) is 5.55. The molecule has 0 unspecified atom stereocenters. The summed E-state index contributed by atoms with van der Waals surface area (Å²) < 4.78 is 24.9. The van der Waals surface area contributed by atoms with Crippen LogP contribution in [0.4, 0.5) is 0 Å². The highest BCUT2D eigenvalue weighted by atomic mass is 31.2. The van der Waals surface area contributed by atoms with E-state index >= 15 is 0 Å². The Balaban J connectivity index is 1.82. The lowest BCUT2D eigenvalue weighted by molar-refractivity contribution is -0.128. The average molecular weight is 515 g/mol. The molecule has 1 aliphatic rings. The van der Waals surface area contributed by atoms with Crippen molar-refractivity contribution in [2.45, 2.75) is 64.2 Å². The van der Waals surface area contributed by atoms with Crippen LogP contribution in [0.5, 0.6) is 0 Å². The van der Waals surface area contributed by atoms with Crippen molar-refractivity contribution in [2.75, 3.05) is 25.9 Å². The Morgan fingerprint density at radius 3 is 1.89 bits per heavy atom. The van der Waals surface area contributed by atoms with Crippen molar-refractivity contribution < 1.29 is 23.2 Å². The van der Waals surface area contributed by atoms with Crippen LogP contribution in [-0.2, 0) is 28.6 Å². The first-order chi connectivity index (χ1) is 17.4. The highest BCUT2D eigenvalue weighted by Gasteiger charge is 2.48. The summed E-state index contributed by atoms with van der Waals surface area (Å²) in [6, 6.07) is 15.8. The van der Waals surface area contributed by atoms with Crippen molar-refractivity contribution >= 4 is 19.4 Å². The number of hydrogen-bond acceptors (Lipinski definition) is 5. The molecule has 0 spiro atoms. The molecule has 0 radical (unpaired) electrons. The maximum atomic E-state index is 13.7. The Kier molecular flexibility index (Phi) is 10.3. The van der Waals surface area contributed by atoms with E-state index < -0.39 is 18.9 Å². The smallest absolute Gasteiger partial charge is 0.330 e. The molecular formula is C28H39N2O5P. The second-order valence-corrected chi connectivity index (χ2v) is 11.5. The SMILES string of the molecule is CCCCOP(=O)(CCCCC1(C(=O)NCC(N)=O)c2ccccc2-c2ccccc21)OCCCC. The minimum Gasteiger partial charge on any atom is -0.368 e. The number of primary amides is 1. The molecule has 0 atom stereocenters. The number of nitrogens with one attached hydrogen (secondary N) is 1. The fraction of sp³-hybridized carbons (Fsp3) is 0.500. The van der Waals surface area contributed by atoms with E-state index in [4.69, 9.17) is 14.8 Å². The molecule has 0 heterocycles.